The molecule has 0 amide bonds. The molecular weight excluding hydrogens is 226 g/mol. The zero-order chi connectivity index (χ0) is 13.1. The van der Waals surface area contributed by atoms with Crippen molar-refractivity contribution in [3.05, 3.63) is 11.4 Å². The average Bonchev–Trinajstić information content (AvgIpc) is 2.36. The van der Waals surface area contributed by atoms with Gasteiger partial charge in [0.15, 0.2) is 0 Å². The van der Waals surface area contributed by atoms with Gasteiger partial charge >= 0.3 is 0 Å². The number of nitrogens with zero attached hydrogens (tertiary/aromatic N) is 4. The van der Waals surface area contributed by atoms with Crippen molar-refractivity contribution in [2.24, 2.45) is 11.7 Å². The molecule has 5 heteroatoms. The predicted octanol–water partition coefficient (Wildman–Crippen LogP) is 1.17. The Labute approximate surface area is 109 Å². The van der Waals surface area contributed by atoms with Gasteiger partial charge in [0.2, 0.25) is 5.95 Å². The van der Waals surface area contributed by atoms with E-state index in [1.807, 2.05) is 0 Å². The van der Waals surface area contributed by atoms with Crippen molar-refractivity contribution < 1.29 is 0 Å². The second-order valence-electron chi connectivity index (χ2n) is 5.22. The number of hydrogen-bond donors (Lipinski definition) is 1. The predicted molar refractivity (Wildman–Crippen MR) is 72.6 cm³/mol. The number of anilines is 1. The molecule has 0 radical (unpaired) electrons. The summed E-state index contributed by atoms with van der Waals surface area (Å²) in [7, 11) is 0. The number of hydrogen-bond acceptors (Lipinski definition) is 5. The van der Waals surface area contributed by atoms with Gasteiger partial charge in [-0.1, -0.05) is 20.8 Å². The molecule has 1 aromatic rings. The summed E-state index contributed by atoms with van der Waals surface area (Å²) in [6, 6.07) is 0.216. The van der Waals surface area contributed by atoms with Crippen molar-refractivity contribution in [1.29, 1.82) is 0 Å². The van der Waals surface area contributed by atoms with Gasteiger partial charge in [-0.2, -0.15) is 5.10 Å². The molecule has 1 fully saturated rings. The van der Waals surface area contributed by atoms with Crippen LogP contribution in [0.3, 0.4) is 0 Å². The summed E-state index contributed by atoms with van der Waals surface area (Å²) < 4.78 is 0. The van der Waals surface area contributed by atoms with Crippen molar-refractivity contribution in [3.63, 3.8) is 0 Å². The van der Waals surface area contributed by atoms with Gasteiger partial charge in [-0.15, -0.1) is 5.10 Å². The van der Waals surface area contributed by atoms with E-state index < -0.39 is 0 Å². The molecule has 0 aromatic carbocycles. The van der Waals surface area contributed by atoms with Gasteiger partial charge in [-0.3, -0.25) is 0 Å². The molecule has 2 unspecified atom stereocenters. The Morgan fingerprint density at radius 1 is 1.17 bits per heavy atom. The summed E-state index contributed by atoms with van der Waals surface area (Å²) in [6.07, 6.45) is 2.87. The summed E-state index contributed by atoms with van der Waals surface area (Å²) in [5.74, 6) is 1.33. The zero-order valence-corrected chi connectivity index (χ0v) is 11.6. The third kappa shape index (κ3) is 2.77. The topological polar surface area (TPSA) is 67.9 Å². The lowest BCUT2D eigenvalue weighted by atomic mass is 9.97. The molecule has 5 nitrogen and oxygen atoms in total. The van der Waals surface area contributed by atoms with Gasteiger partial charge < -0.3 is 10.6 Å². The van der Waals surface area contributed by atoms with Crippen LogP contribution < -0.4 is 10.6 Å². The molecule has 0 bridgehead atoms. The lowest BCUT2D eigenvalue weighted by molar-refractivity contribution is 0.396. The fraction of sp³-hybridized carbons (Fsp3) is 0.769. The number of aromatic nitrogens is 3. The molecule has 2 heterocycles. The molecule has 0 aliphatic carbocycles. The zero-order valence-electron chi connectivity index (χ0n) is 11.6. The largest absolute Gasteiger partial charge is 0.338 e. The van der Waals surface area contributed by atoms with Crippen molar-refractivity contribution in [1.82, 2.24) is 15.2 Å². The highest BCUT2D eigenvalue weighted by atomic mass is 15.3. The van der Waals surface area contributed by atoms with Gasteiger partial charge in [0.25, 0.3) is 0 Å². The summed E-state index contributed by atoms with van der Waals surface area (Å²) >= 11 is 0. The van der Waals surface area contributed by atoms with Crippen LogP contribution in [0.15, 0.2) is 0 Å². The van der Waals surface area contributed by atoms with Crippen LogP contribution in [0, 0.1) is 5.92 Å². The van der Waals surface area contributed by atoms with Gasteiger partial charge in [0.05, 0.1) is 11.4 Å². The molecule has 2 atom stereocenters. The molecule has 18 heavy (non-hydrogen) atoms. The molecular formula is C13H23N5. The van der Waals surface area contributed by atoms with Crippen molar-refractivity contribution in [2.75, 3.05) is 18.0 Å². The van der Waals surface area contributed by atoms with E-state index in [1.54, 1.807) is 0 Å². The molecule has 2 N–H and O–H groups in total. The highest BCUT2D eigenvalue weighted by Gasteiger charge is 2.24. The van der Waals surface area contributed by atoms with Crippen LogP contribution >= 0.6 is 0 Å². The van der Waals surface area contributed by atoms with E-state index in [0.29, 0.717) is 5.92 Å². The Bertz CT molecular complexity index is 396. The van der Waals surface area contributed by atoms with Crippen molar-refractivity contribution >= 4 is 5.95 Å². The third-order valence-corrected chi connectivity index (χ3v) is 3.47. The smallest absolute Gasteiger partial charge is 0.245 e. The summed E-state index contributed by atoms with van der Waals surface area (Å²) in [6.45, 7) is 8.23. The van der Waals surface area contributed by atoms with Crippen LogP contribution in [-0.4, -0.2) is 34.3 Å². The molecule has 0 saturated carbocycles. The Kier molecular flexibility index (Phi) is 4.11. The maximum absolute atomic E-state index is 6.06. The SMILES string of the molecule is CCc1nnc(N2CC(C)CC(N)C2)nc1CC. The molecule has 0 spiro atoms. The van der Waals surface area contributed by atoms with E-state index in [1.165, 1.54) is 0 Å². The molecule has 1 aliphatic heterocycles. The number of aryl methyl sites for hydroxylation is 2. The summed E-state index contributed by atoms with van der Waals surface area (Å²) in [5.41, 5.74) is 8.14. The normalized spacial score (nSPS) is 24.3. The molecule has 100 valence electrons. The highest BCUT2D eigenvalue weighted by molar-refractivity contribution is 5.32. The van der Waals surface area contributed by atoms with E-state index in [-0.39, 0.29) is 6.04 Å². The number of piperidine rings is 1. The van der Waals surface area contributed by atoms with Crippen LogP contribution in [0.4, 0.5) is 5.95 Å². The van der Waals surface area contributed by atoms with Crippen molar-refractivity contribution in [2.45, 2.75) is 46.1 Å². The van der Waals surface area contributed by atoms with Crippen molar-refractivity contribution in [3.8, 4) is 0 Å². The third-order valence-electron chi connectivity index (χ3n) is 3.47. The first kappa shape index (κ1) is 13.2. The monoisotopic (exact) mass is 249 g/mol. The van der Waals surface area contributed by atoms with Gasteiger partial charge in [0, 0.05) is 19.1 Å². The minimum Gasteiger partial charge on any atom is -0.338 e. The average molecular weight is 249 g/mol. The van der Waals surface area contributed by atoms with E-state index in [0.717, 1.165) is 49.7 Å². The maximum atomic E-state index is 6.06. The first-order valence-corrected chi connectivity index (χ1v) is 6.87. The van der Waals surface area contributed by atoms with Crippen LogP contribution in [0.2, 0.25) is 0 Å². The van der Waals surface area contributed by atoms with E-state index in [2.05, 4.69) is 40.9 Å². The van der Waals surface area contributed by atoms with E-state index >= 15 is 0 Å². The fourth-order valence-corrected chi connectivity index (χ4v) is 2.63. The van der Waals surface area contributed by atoms with Crippen LogP contribution in [0.5, 0.6) is 0 Å². The van der Waals surface area contributed by atoms with Crippen LogP contribution in [-0.2, 0) is 12.8 Å². The molecule has 2 rings (SSSR count). The molecule has 1 aliphatic rings. The Morgan fingerprint density at radius 3 is 2.50 bits per heavy atom. The van der Waals surface area contributed by atoms with Gasteiger partial charge in [-0.25, -0.2) is 4.98 Å². The highest BCUT2D eigenvalue weighted by Crippen LogP contribution is 2.19. The Hall–Kier alpha value is -1.23. The minimum absolute atomic E-state index is 0.216. The second-order valence-corrected chi connectivity index (χ2v) is 5.22. The van der Waals surface area contributed by atoms with Gasteiger partial charge in [0.1, 0.15) is 0 Å². The van der Waals surface area contributed by atoms with E-state index in [9.17, 15) is 0 Å². The fourth-order valence-electron chi connectivity index (χ4n) is 2.63. The molecule has 1 saturated heterocycles. The standard InChI is InChI=1S/C13H23N5/c1-4-11-12(5-2)16-17-13(15-11)18-7-9(3)6-10(14)8-18/h9-10H,4-8,14H2,1-3H3. The van der Waals surface area contributed by atoms with E-state index in [4.69, 9.17) is 5.73 Å². The minimum atomic E-state index is 0.216. The lowest BCUT2D eigenvalue weighted by Crippen LogP contribution is -2.47. The number of rotatable bonds is 3. The Morgan fingerprint density at radius 2 is 1.89 bits per heavy atom. The van der Waals surface area contributed by atoms with Gasteiger partial charge in [-0.05, 0) is 25.2 Å². The lowest BCUT2D eigenvalue weighted by Gasteiger charge is -2.34. The van der Waals surface area contributed by atoms with Crippen LogP contribution in [0.1, 0.15) is 38.6 Å². The summed E-state index contributed by atoms with van der Waals surface area (Å²) in [5, 5.41) is 8.56. The Balaban J connectivity index is 2.22. The quantitative estimate of drug-likeness (QED) is 0.871. The number of nitrogens with two attached hydrogens (primary N) is 1. The van der Waals surface area contributed by atoms with Crippen LogP contribution in [0.25, 0.3) is 0 Å². The maximum Gasteiger partial charge on any atom is 0.245 e. The second kappa shape index (κ2) is 5.61. The first-order chi connectivity index (χ1) is 8.63. The molecule has 1 aromatic heterocycles. The summed E-state index contributed by atoms with van der Waals surface area (Å²) in [4.78, 5) is 6.82. The first-order valence-electron chi connectivity index (χ1n) is 6.87.